The second-order valence-corrected chi connectivity index (χ2v) is 7.32. The maximum absolute atomic E-state index is 9.05. The maximum Gasteiger partial charge on any atom is 0.0991 e. The molecule has 0 N–H and O–H groups in total. The van der Waals surface area contributed by atoms with Crippen LogP contribution in [0.1, 0.15) is 81.8 Å². The van der Waals surface area contributed by atoms with Crippen molar-refractivity contribution < 1.29 is 4.74 Å². The molecule has 3 rings (SSSR count). The minimum atomic E-state index is 0.0554. The van der Waals surface area contributed by atoms with Gasteiger partial charge in [0.05, 0.1) is 17.2 Å². The van der Waals surface area contributed by atoms with Gasteiger partial charge in [-0.3, -0.25) is 0 Å². The van der Waals surface area contributed by atoms with Crippen LogP contribution < -0.4 is 0 Å². The Hall–Kier alpha value is -1.33. The molecule has 0 aliphatic heterocycles. The average Bonchev–Trinajstić information content (AvgIpc) is 2.61. The molecule has 0 spiro atoms. The predicted molar refractivity (Wildman–Crippen MR) is 93.3 cm³/mol. The standard InChI is InChI=1S/C21H29NO/c1-2-3-15-23-21-14-5-4-7-19(21)8-6-9-20(21)18-12-10-17(16-22)11-13-18/h10-13,19-20H,2-9,14-15H2,1H3/t19-,20?,21-/m1/s1. The van der Waals surface area contributed by atoms with Gasteiger partial charge in [-0.15, -0.1) is 0 Å². The van der Waals surface area contributed by atoms with Crippen molar-refractivity contribution in [3.8, 4) is 6.07 Å². The zero-order valence-corrected chi connectivity index (χ0v) is 14.4. The third kappa shape index (κ3) is 3.31. The number of ether oxygens (including phenoxy) is 1. The SMILES string of the molecule is CCCCO[C@]12CCCC[C@@H]1CCCC2c1ccc(C#N)cc1. The van der Waals surface area contributed by atoms with Gasteiger partial charge in [-0.05, 0) is 55.7 Å². The lowest BCUT2D eigenvalue weighted by Crippen LogP contribution is -2.51. The lowest BCUT2D eigenvalue weighted by molar-refractivity contribution is -0.143. The molecule has 2 heteroatoms. The van der Waals surface area contributed by atoms with E-state index in [9.17, 15) is 0 Å². The second kappa shape index (κ2) is 7.49. The van der Waals surface area contributed by atoms with Crippen LogP contribution in [0.15, 0.2) is 24.3 Å². The summed E-state index contributed by atoms with van der Waals surface area (Å²) in [6, 6.07) is 10.5. The number of nitrogens with zero attached hydrogens (tertiary/aromatic N) is 1. The molecule has 1 aromatic rings. The van der Waals surface area contributed by atoms with Crippen molar-refractivity contribution in [3.05, 3.63) is 35.4 Å². The molecule has 1 unspecified atom stereocenters. The van der Waals surface area contributed by atoms with E-state index in [4.69, 9.17) is 10.00 Å². The number of unbranched alkanes of at least 4 members (excludes halogenated alkanes) is 1. The molecule has 2 aliphatic carbocycles. The summed E-state index contributed by atoms with van der Waals surface area (Å²) >= 11 is 0. The van der Waals surface area contributed by atoms with Crippen molar-refractivity contribution in [2.24, 2.45) is 5.92 Å². The van der Waals surface area contributed by atoms with Crippen LogP contribution >= 0.6 is 0 Å². The summed E-state index contributed by atoms with van der Waals surface area (Å²) in [5.41, 5.74) is 2.19. The number of fused-ring (bicyclic) bond motifs is 1. The number of rotatable bonds is 5. The van der Waals surface area contributed by atoms with Gasteiger partial charge < -0.3 is 4.74 Å². The normalized spacial score (nSPS) is 30.4. The van der Waals surface area contributed by atoms with Gasteiger partial charge in [0.15, 0.2) is 0 Å². The minimum Gasteiger partial charge on any atom is -0.374 e. The van der Waals surface area contributed by atoms with Gasteiger partial charge in [-0.2, -0.15) is 5.26 Å². The monoisotopic (exact) mass is 311 g/mol. The number of nitriles is 1. The highest BCUT2D eigenvalue weighted by Gasteiger charge is 2.49. The van der Waals surface area contributed by atoms with E-state index in [0.29, 0.717) is 5.92 Å². The zero-order chi connectivity index (χ0) is 16.1. The van der Waals surface area contributed by atoms with Crippen LogP contribution in [-0.2, 0) is 4.74 Å². The molecule has 0 bridgehead atoms. The Bertz CT molecular complexity index is 542. The van der Waals surface area contributed by atoms with Gasteiger partial charge in [-0.25, -0.2) is 0 Å². The molecule has 3 atom stereocenters. The largest absolute Gasteiger partial charge is 0.374 e. The lowest BCUT2D eigenvalue weighted by Gasteiger charge is -2.52. The molecule has 0 heterocycles. The quantitative estimate of drug-likeness (QED) is 0.666. The van der Waals surface area contributed by atoms with Crippen LogP contribution in [0.2, 0.25) is 0 Å². The molecular weight excluding hydrogens is 282 g/mol. The van der Waals surface area contributed by atoms with Crippen molar-refractivity contribution in [2.45, 2.75) is 76.2 Å². The van der Waals surface area contributed by atoms with E-state index in [1.54, 1.807) is 0 Å². The fourth-order valence-corrected chi connectivity index (χ4v) is 4.84. The van der Waals surface area contributed by atoms with E-state index >= 15 is 0 Å². The Morgan fingerprint density at radius 1 is 1.13 bits per heavy atom. The topological polar surface area (TPSA) is 33.0 Å². The summed E-state index contributed by atoms with van der Waals surface area (Å²) in [6.07, 6.45) is 11.4. The fraction of sp³-hybridized carbons (Fsp3) is 0.667. The van der Waals surface area contributed by atoms with Gasteiger partial charge in [-0.1, -0.05) is 44.7 Å². The highest BCUT2D eigenvalue weighted by atomic mass is 16.5. The molecule has 2 aliphatic rings. The Labute approximate surface area is 140 Å². The Kier molecular flexibility index (Phi) is 5.38. The Balaban J connectivity index is 1.89. The third-order valence-corrected chi connectivity index (χ3v) is 6.01. The van der Waals surface area contributed by atoms with E-state index < -0.39 is 0 Å². The van der Waals surface area contributed by atoms with Crippen LogP contribution in [-0.4, -0.2) is 12.2 Å². The van der Waals surface area contributed by atoms with Crippen molar-refractivity contribution in [3.63, 3.8) is 0 Å². The first-order valence-electron chi connectivity index (χ1n) is 9.44. The average molecular weight is 311 g/mol. The highest BCUT2D eigenvalue weighted by molar-refractivity contribution is 5.34. The summed E-state index contributed by atoms with van der Waals surface area (Å²) in [5.74, 6) is 1.23. The van der Waals surface area contributed by atoms with Gasteiger partial charge >= 0.3 is 0 Å². The molecular formula is C21H29NO. The zero-order valence-electron chi connectivity index (χ0n) is 14.4. The fourth-order valence-electron chi connectivity index (χ4n) is 4.84. The second-order valence-electron chi connectivity index (χ2n) is 7.32. The first kappa shape index (κ1) is 16.5. The van der Waals surface area contributed by atoms with E-state index in [-0.39, 0.29) is 5.60 Å². The summed E-state index contributed by atoms with van der Waals surface area (Å²) in [4.78, 5) is 0. The molecule has 2 fully saturated rings. The summed E-state index contributed by atoms with van der Waals surface area (Å²) < 4.78 is 6.67. The summed E-state index contributed by atoms with van der Waals surface area (Å²) in [6.45, 7) is 3.14. The van der Waals surface area contributed by atoms with Gasteiger partial charge in [0.25, 0.3) is 0 Å². The van der Waals surface area contributed by atoms with Crippen molar-refractivity contribution >= 4 is 0 Å². The number of benzene rings is 1. The van der Waals surface area contributed by atoms with Crippen LogP contribution in [0.25, 0.3) is 0 Å². The van der Waals surface area contributed by atoms with E-state index in [1.807, 2.05) is 12.1 Å². The smallest absolute Gasteiger partial charge is 0.0991 e. The molecule has 0 amide bonds. The highest BCUT2D eigenvalue weighted by Crippen LogP contribution is 2.53. The van der Waals surface area contributed by atoms with Crippen LogP contribution in [0.5, 0.6) is 0 Å². The number of hydrogen-bond acceptors (Lipinski definition) is 2. The van der Waals surface area contributed by atoms with Crippen molar-refractivity contribution in [2.75, 3.05) is 6.61 Å². The molecule has 0 saturated heterocycles. The first-order chi connectivity index (χ1) is 11.3. The van der Waals surface area contributed by atoms with Crippen molar-refractivity contribution in [1.82, 2.24) is 0 Å². The van der Waals surface area contributed by atoms with Crippen molar-refractivity contribution in [1.29, 1.82) is 5.26 Å². The van der Waals surface area contributed by atoms with Gasteiger partial charge in [0, 0.05) is 12.5 Å². The molecule has 124 valence electrons. The molecule has 0 aromatic heterocycles. The van der Waals surface area contributed by atoms with Crippen LogP contribution in [0, 0.1) is 17.2 Å². The first-order valence-corrected chi connectivity index (χ1v) is 9.44. The number of hydrogen-bond donors (Lipinski definition) is 0. The van der Waals surface area contributed by atoms with Crippen LogP contribution in [0.4, 0.5) is 0 Å². The summed E-state index contributed by atoms with van der Waals surface area (Å²) in [7, 11) is 0. The molecule has 23 heavy (non-hydrogen) atoms. The predicted octanol–water partition coefficient (Wildman–Crippen LogP) is 5.57. The van der Waals surface area contributed by atoms with E-state index in [2.05, 4.69) is 25.1 Å². The Morgan fingerprint density at radius 2 is 1.91 bits per heavy atom. The molecule has 0 radical (unpaired) electrons. The molecule has 2 saturated carbocycles. The maximum atomic E-state index is 9.05. The minimum absolute atomic E-state index is 0.0554. The molecule has 1 aromatic carbocycles. The van der Waals surface area contributed by atoms with Gasteiger partial charge in [0.2, 0.25) is 0 Å². The summed E-state index contributed by atoms with van der Waals surface area (Å²) in [5, 5.41) is 9.05. The van der Waals surface area contributed by atoms with Gasteiger partial charge in [0.1, 0.15) is 0 Å². The van der Waals surface area contributed by atoms with Crippen LogP contribution in [0.3, 0.4) is 0 Å². The Morgan fingerprint density at radius 3 is 2.65 bits per heavy atom. The molecule has 2 nitrogen and oxygen atoms in total. The van der Waals surface area contributed by atoms with E-state index in [1.165, 1.54) is 56.9 Å². The van der Waals surface area contributed by atoms with E-state index in [0.717, 1.165) is 24.5 Å². The third-order valence-electron chi connectivity index (χ3n) is 6.01. The lowest BCUT2D eigenvalue weighted by atomic mass is 9.60.